The molecule has 0 bridgehead atoms. The Kier molecular flexibility index (Phi) is 4.16. The Morgan fingerprint density at radius 2 is 2.05 bits per heavy atom. The second-order valence-electron chi connectivity index (χ2n) is 4.80. The van der Waals surface area contributed by atoms with Crippen LogP contribution in [-0.2, 0) is 7.05 Å². The molecule has 1 fully saturated rings. The van der Waals surface area contributed by atoms with E-state index in [4.69, 9.17) is 18.0 Å². The van der Waals surface area contributed by atoms with E-state index < -0.39 is 0 Å². The molecule has 1 aliphatic rings. The zero-order valence-corrected chi connectivity index (χ0v) is 12.1. The van der Waals surface area contributed by atoms with Gasteiger partial charge in [0.05, 0.1) is 16.7 Å². The lowest BCUT2D eigenvalue weighted by Crippen LogP contribution is -2.50. The highest BCUT2D eigenvalue weighted by Gasteiger charge is 2.24. The molecular formula is C12H19N5OS. The van der Waals surface area contributed by atoms with E-state index in [1.807, 2.05) is 18.9 Å². The van der Waals surface area contributed by atoms with Gasteiger partial charge in [-0.2, -0.15) is 5.10 Å². The van der Waals surface area contributed by atoms with Crippen molar-refractivity contribution in [3.8, 4) is 0 Å². The van der Waals surface area contributed by atoms with E-state index in [9.17, 15) is 4.79 Å². The molecule has 1 amide bonds. The van der Waals surface area contributed by atoms with Crippen molar-refractivity contribution in [3.63, 3.8) is 0 Å². The Labute approximate surface area is 118 Å². The highest BCUT2D eigenvalue weighted by Crippen LogP contribution is 2.11. The number of thiocarbonyl (C=S) groups is 1. The van der Waals surface area contributed by atoms with Gasteiger partial charge in [0, 0.05) is 45.5 Å². The molecule has 1 saturated heterocycles. The third-order valence-electron chi connectivity index (χ3n) is 3.50. The molecule has 0 radical (unpaired) electrons. The van der Waals surface area contributed by atoms with Crippen molar-refractivity contribution in [2.45, 2.75) is 6.92 Å². The normalized spacial score (nSPS) is 16.6. The van der Waals surface area contributed by atoms with Crippen LogP contribution in [0.5, 0.6) is 0 Å². The van der Waals surface area contributed by atoms with Gasteiger partial charge >= 0.3 is 0 Å². The summed E-state index contributed by atoms with van der Waals surface area (Å²) < 4.78 is 1.72. The molecule has 0 spiro atoms. The SMILES string of the molecule is Cc1c(C(=O)N2CCN(CC(N)=S)CC2)cnn1C. The van der Waals surface area contributed by atoms with Gasteiger partial charge in [0.1, 0.15) is 0 Å². The number of piperazine rings is 1. The molecule has 0 atom stereocenters. The molecule has 7 heteroatoms. The van der Waals surface area contributed by atoms with Gasteiger partial charge in [-0.15, -0.1) is 0 Å². The van der Waals surface area contributed by atoms with Crippen LogP contribution >= 0.6 is 12.2 Å². The lowest BCUT2D eigenvalue weighted by molar-refractivity contribution is 0.0653. The van der Waals surface area contributed by atoms with Crippen LogP contribution in [0.4, 0.5) is 0 Å². The maximum atomic E-state index is 12.4. The number of amides is 1. The van der Waals surface area contributed by atoms with Gasteiger partial charge in [0.2, 0.25) is 0 Å². The first-order valence-electron chi connectivity index (χ1n) is 6.27. The number of aromatic nitrogens is 2. The van der Waals surface area contributed by atoms with Crippen molar-refractivity contribution >= 4 is 23.1 Å². The van der Waals surface area contributed by atoms with Gasteiger partial charge in [0.25, 0.3) is 5.91 Å². The molecule has 0 aliphatic carbocycles. The molecule has 0 saturated carbocycles. The summed E-state index contributed by atoms with van der Waals surface area (Å²) in [7, 11) is 1.84. The minimum Gasteiger partial charge on any atom is -0.392 e. The molecule has 1 aliphatic heterocycles. The summed E-state index contributed by atoms with van der Waals surface area (Å²) in [6.07, 6.45) is 1.64. The minimum absolute atomic E-state index is 0.0561. The average molecular weight is 281 g/mol. The number of carbonyl (C=O) groups excluding carboxylic acids is 1. The zero-order valence-electron chi connectivity index (χ0n) is 11.3. The van der Waals surface area contributed by atoms with E-state index >= 15 is 0 Å². The molecule has 6 nitrogen and oxygen atoms in total. The molecule has 19 heavy (non-hydrogen) atoms. The standard InChI is InChI=1S/C12H19N5OS/c1-9-10(7-14-15(9)2)12(18)17-5-3-16(4-6-17)8-11(13)19/h7H,3-6,8H2,1-2H3,(H2,13,19). The number of hydrogen-bond acceptors (Lipinski definition) is 4. The van der Waals surface area contributed by atoms with Gasteiger partial charge < -0.3 is 10.6 Å². The minimum atomic E-state index is 0.0561. The van der Waals surface area contributed by atoms with Crippen molar-refractivity contribution in [3.05, 3.63) is 17.5 Å². The van der Waals surface area contributed by atoms with Gasteiger partial charge in [-0.25, -0.2) is 0 Å². The quantitative estimate of drug-likeness (QED) is 0.775. The second kappa shape index (κ2) is 5.66. The predicted molar refractivity (Wildman–Crippen MR) is 77.1 cm³/mol. The monoisotopic (exact) mass is 281 g/mol. The van der Waals surface area contributed by atoms with Crippen LogP contribution in [0.1, 0.15) is 16.1 Å². The van der Waals surface area contributed by atoms with Crippen LogP contribution < -0.4 is 5.73 Å². The van der Waals surface area contributed by atoms with Gasteiger partial charge in [-0.3, -0.25) is 14.4 Å². The summed E-state index contributed by atoms with van der Waals surface area (Å²) >= 11 is 4.90. The van der Waals surface area contributed by atoms with Crippen molar-refractivity contribution in [2.75, 3.05) is 32.7 Å². The number of nitrogens with zero attached hydrogens (tertiary/aromatic N) is 4. The Morgan fingerprint density at radius 1 is 1.42 bits per heavy atom. The summed E-state index contributed by atoms with van der Waals surface area (Å²) in [6, 6.07) is 0. The molecular weight excluding hydrogens is 262 g/mol. The maximum Gasteiger partial charge on any atom is 0.257 e. The van der Waals surface area contributed by atoms with E-state index in [1.54, 1.807) is 10.9 Å². The lowest BCUT2D eigenvalue weighted by Gasteiger charge is -2.34. The van der Waals surface area contributed by atoms with Crippen molar-refractivity contribution in [1.82, 2.24) is 19.6 Å². The number of rotatable bonds is 3. The fourth-order valence-electron chi connectivity index (χ4n) is 2.21. The smallest absolute Gasteiger partial charge is 0.257 e. The number of carbonyl (C=O) groups is 1. The third kappa shape index (κ3) is 3.10. The third-order valence-corrected chi connectivity index (χ3v) is 3.63. The average Bonchev–Trinajstić information content (AvgIpc) is 2.69. The number of nitrogens with two attached hydrogens (primary N) is 1. The molecule has 2 heterocycles. The predicted octanol–water partition coefficient (Wildman–Crippen LogP) is -0.228. The first kappa shape index (κ1) is 14.0. The van der Waals surface area contributed by atoms with Crippen molar-refractivity contribution < 1.29 is 4.79 Å². The van der Waals surface area contributed by atoms with E-state index in [-0.39, 0.29) is 5.91 Å². The van der Waals surface area contributed by atoms with Crippen LogP contribution in [0.15, 0.2) is 6.20 Å². The molecule has 1 aromatic rings. The van der Waals surface area contributed by atoms with Crippen molar-refractivity contribution in [1.29, 1.82) is 0 Å². The van der Waals surface area contributed by atoms with E-state index in [2.05, 4.69) is 10.00 Å². The molecule has 0 unspecified atom stereocenters. The summed E-state index contributed by atoms with van der Waals surface area (Å²) in [6.45, 7) is 5.56. The highest BCUT2D eigenvalue weighted by atomic mass is 32.1. The Morgan fingerprint density at radius 3 is 2.53 bits per heavy atom. The highest BCUT2D eigenvalue weighted by molar-refractivity contribution is 7.80. The van der Waals surface area contributed by atoms with Gasteiger partial charge in [-0.05, 0) is 6.92 Å². The fraction of sp³-hybridized carbons (Fsp3) is 0.583. The topological polar surface area (TPSA) is 67.4 Å². The first-order valence-corrected chi connectivity index (χ1v) is 6.68. The van der Waals surface area contributed by atoms with E-state index in [0.29, 0.717) is 30.2 Å². The lowest BCUT2D eigenvalue weighted by atomic mass is 10.2. The number of aryl methyl sites for hydroxylation is 1. The summed E-state index contributed by atoms with van der Waals surface area (Å²) in [5.41, 5.74) is 7.11. The van der Waals surface area contributed by atoms with Gasteiger partial charge in [-0.1, -0.05) is 12.2 Å². The molecule has 104 valence electrons. The van der Waals surface area contributed by atoms with E-state index in [1.165, 1.54) is 0 Å². The maximum absolute atomic E-state index is 12.4. The molecule has 2 rings (SSSR count). The number of hydrogen-bond donors (Lipinski definition) is 1. The largest absolute Gasteiger partial charge is 0.392 e. The fourth-order valence-corrected chi connectivity index (χ4v) is 2.39. The van der Waals surface area contributed by atoms with Crippen molar-refractivity contribution in [2.24, 2.45) is 12.8 Å². The van der Waals surface area contributed by atoms with Gasteiger partial charge in [0.15, 0.2) is 0 Å². The van der Waals surface area contributed by atoms with E-state index in [0.717, 1.165) is 18.8 Å². The van der Waals surface area contributed by atoms with Crippen LogP contribution in [-0.4, -0.2) is 63.2 Å². The van der Waals surface area contributed by atoms with Crippen LogP contribution in [0.3, 0.4) is 0 Å². The Bertz CT molecular complexity index is 490. The Hall–Kier alpha value is -1.47. The summed E-state index contributed by atoms with van der Waals surface area (Å²) in [5.74, 6) is 0.0561. The first-order chi connectivity index (χ1) is 8.99. The summed E-state index contributed by atoms with van der Waals surface area (Å²) in [5, 5.41) is 4.11. The Balaban J connectivity index is 1.96. The van der Waals surface area contributed by atoms with Crippen LogP contribution in [0.25, 0.3) is 0 Å². The molecule has 0 aromatic carbocycles. The second-order valence-corrected chi connectivity index (χ2v) is 5.33. The van der Waals surface area contributed by atoms with Crippen LogP contribution in [0, 0.1) is 6.92 Å². The molecule has 1 aromatic heterocycles. The zero-order chi connectivity index (χ0) is 14.0. The summed E-state index contributed by atoms with van der Waals surface area (Å²) in [4.78, 5) is 16.9. The molecule has 2 N–H and O–H groups in total. The van der Waals surface area contributed by atoms with Crippen LogP contribution in [0.2, 0.25) is 0 Å².